The van der Waals surface area contributed by atoms with Gasteiger partial charge in [0, 0.05) is 24.5 Å². The van der Waals surface area contributed by atoms with E-state index in [1.807, 2.05) is 0 Å². The molecule has 1 aliphatic heterocycles. The molecule has 1 saturated heterocycles. The SMILES string of the molecule is NC(=O)CC1CCN(C(=O)Nc2cc(Cl)ccc2Cl)CC1. The molecule has 3 amide bonds. The number of piperidine rings is 1. The van der Waals surface area contributed by atoms with Crippen LogP contribution in [-0.4, -0.2) is 29.9 Å². The lowest BCUT2D eigenvalue weighted by molar-refractivity contribution is -0.119. The number of carbonyl (C=O) groups is 2. The number of carbonyl (C=O) groups excluding carboxylic acids is 2. The highest BCUT2D eigenvalue weighted by Gasteiger charge is 2.24. The molecule has 0 aliphatic carbocycles. The predicted molar refractivity (Wildman–Crippen MR) is 83.6 cm³/mol. The van der Waals surface area contributed by atoms with Gasteiger partial charge in [0.1, 0.15) is 0 Å². The Kier molecular flexibility index (Phi) is 5.31. The first-order chi connectivity index (χ1) is 9.95. The fourth-order valence-corrected chi connectivity index (χ4v) is 2.75. The number of halogens is 2. The summed E-state index contributed by atoms with van der Waals surface area (Å²) in [5, 5.41) is 3.71. The lowest BCUT2D eigenvalue weighted by Crippen LogP contribution is -2.41. The summed E-state index contributed by atoms with van der Waals surface area (Å²) in [6, 6.07) is 4.70. The molecule has 0 spiro atoms. The Hall–Kier alpha value is -1.46. The van der Waals surface area contributed by atoms with Crippen LogP contribution in [0.4, 0.5) is 10.5 Å². The van der Waals surface area contributed by atoms with Crippen molar-refractivity contribution in [2.75, 3.05) is 18.4 Å². The van der Waals surface area contributed by atoms with Crippen molar-refractivity contribution in [2.24, 2.45) is 11.7 Å². The van der Waals surface area contributed by atoms with Crippen molar-refractivity contribution in [3.63, 3.8) is 0 Å². The number of hydrogen-bond donors (Lipinski definition) is 2. The van der Waals surface area contributed by atoms with Crippen molar-refractivity contribution >= 4 is 40.8 Å². The normalized spacial score (nSPS) is 15.8. The van der Waals surface area contributed by atoms with Crippen LogP contribution in [0.25, 0.3) is 0 Å². The molecule has 1 aliphatic rings. The molecule has 2 rings (SSSR count). The van der Waals surface area contributed by atoms with Gasteiger partial charge in [-0.15, -0.1) is 0 Å². The van der Waals surface area contributed by atoms with Crippen molar-refractivity contribution in [3.8, 4) is 0 Å². The Morgan fingerprint density at radius 1 is 1.29 bits per heavy atom. The van der Waals surface area contributed by atoms with E-state index in [0.717, 1.165) is 12.8 Å². The number of nitrogens with zero attached hydrogens (tertiary/aromatic N) is 1. The molecule has 0 saturated carbocycles. The quantitative estimate of drug-likeness (QED) is 0.893. The molecule has 114 valence electrons. The molecule has 0 bridgehead atoms. The number of nitrogens with one attached hydrogen (secondary N) is 1. The van der Waals surface area contributed by atoms with E-state index in [0.29, 0.717) is 35.2 Å². The summed E-state index contributed by atoms with van der Waals surface area (Å²) in [7, 11) is 0. The van der Waals surface area contributed by atoms with Crippen molar-refractivity contribution in [1.29, 1.82) is 0 Å². The van der Waals surface area contributed by atoms with Crippen LogP contribution in [0.5, 0.6) is 0 Å². The largest absolute Gasteiger partial charge is 0.370 e. The van der Waals surface area contributed by atoms with Gasteiger partial charge >= 0.3 is 6.03 Å². The van der Waals surface area contributed by atoms with Crippen LogP contribution in [0.2, 0.25) is 10.0 Å². The van der Waals surface area contributed by atoms with Crippen LogP contribution in [0.1, 0.15) is 19.3 Å². The standard InChI is InChI=1S/C14H17Cl2N3O2/c15-10-1-2-11(16)12(8-10)18-14(21)19-5-3-9(4-6-19)7-13(17)20/h1-2,8-9H,3-7H2,(H2,17,20)(H,18,21). The van der Waals surface area contributed by atoms with Gasteiger partial charge in [0.05, 0.1) is 10.7 Å². The Bertz CT molecular complexity index is 543. The highest BCUT2D eigenvalue weighted by molar-refractivity contribution is 6.35. The van der Waals surface area contributed by atoms with E-state index in [4.69, 9.17) is 28.9 Å². The topological polar surface area (TPSA) is 75.4 Å². The summed E-state index contributed by atoms with van der Waals surface area (Å²) < 4.78 is 0. The number of urea groups is 1. The Balaban J connectivity index is 1.90. The van der Waals surface area contributed by atoms with Crippen LogP contribution in [0, 0.1) is 5.92 Å². The summed E-state index contributed by atoms with van der Waals surface area (Å²) in [6.07, 6.45) is 1.94. The van der Waals surface area contributed by atoms with E-state index in [2.05, 4.69) is 5.32 Å². The van der Waals surface area contributed by atoms with Crippen LogP contribution in [0.15, 0.2) is 18.2 Å². The minimum Gasteiger partial charge on any atom is -0.370 e. The molecule has 1 aromatic rings. The third kappa shape index (κ3) is 4.51. The number of amides is 3. The summed E-state index contributed by atoms with van der Waals surface area (Å²) in [6.45, 7) is 1.20. The van der Waals surface area contributed by atoms with Gasteiger partial charge in [0.25, 0.3) is 0 Å². The number of hydrogen-bond acceptors (Lipinski definition) is 2. The van der Waals surface area contributed by atoms with Gasteiger partial charge in [-0.3, -0.25) is 4.79 Å². The van der Waals surface area contributed by atoms with E-state index in [-0.39, 0.29) is 17.9 Å². The minimum atomic E-state index is -0.288. The number of primary amides is 1. The maximum Gasteiger partial charge on any atom is 0.321 e. The molecular formula is C14H17Cl2N3O2. The third-order valence-corrected chi connectivity index (χ3v) is 4.13. The zero-order valence-corrected chi connectivity index (χ0v) is 13.0. The average Bonchev–Trinajstić information content (AvgIpc) is 2.43. The zero-order chi connectivity index (χ0) is 15.4. The second-order valence-corrected chi connectivity index (χ2v) is 6.00. The van der Waals surface area contributed by atoms with E-state index in [1.165, 1.54) is 0 Å². The molecule has 1 aromatic carbocycles. The van der Waals surface area contributed by atoms with Gasteiger partial charge in [-0.1, -0.05) is 23.2 Å². The number of anilines is 1. The van der Waals surface area contributed by atoms with E-state index < -0.39 is 0 Å². The maximum absolute atomic E-state index is 12.2. The average molecular weight is 330 g/mol. The number of benzene rings is 1. The highest BCUT2D eigenvalue weighted by Crippen LogP contribution is 2.26. The van der Waals surface area contributed by atoms with Crippen LogP contribution < -0.4 is 11.1 Å². The fraction of sp³-hybridized carbons (Fsp3) is 0.429. The third-order valence-electron chi connectivity index (χ3n) is 3.56. The summed E-state index contributed by atoms with van der Waals surface area (Å²) >= 11 is 11.9. The first kappa shape index (κ1) is 15.9. The van der Waals surface area contributed by atoms with Crippen molar-refractivity contribution < 1.29 is 9.59 Å². The Labute approximate surface area is 133 Å². The monoisotopic (exact) mass is 329 g/mol. The van der Waals surface area contributed by atoms with Gasteiger partial charge < -0.3 is 16.0 Å². The molecule has 7 heteroatoms. The lowest BCUT2D eigenvalue weighted by Gasteiger charge is -2.31. The molecular weight excluding hydrogens is 313 g/mol. The van der Waals surface area contributed by atoms with Gasteiger partial charge in [0.2, 0.25) is 5.91 Å². The van der Waals surface area contributed by atoms with Crippen molar-refractivity contribution in [1.82, 2.24) is 4.90 Å². The fourth-order valence-electron chi connectivity index (χ4n) is 2.41. The Morgan fingerprint density at radius 2 is 1.95 bits per heavy atom. The molecule has 0 atom stereocenters. The van der Waals surface area contributed by atoms with Gasteiger partial charge in [-0.05, 0) is 37.0 Å². The summed E-state index contributed by atoms with van der Waals surface area (Å²) in [5.41, 5.74) is 5.69. The molecule has 1 heterocycles. The van der Waals surface area contributed by atoms with Gasteiger partial charge in [-0.25, -0.2) is 4.79 Å². The highest BCUT2D eigenvalue weighted by atomic mass is 35.5. The number of nitrogens with two attached hydrogens (primary N) is 1. The molecule has 3 N–H and O–H groups in total. The van der Waals surface area contributed by atoms with Gasteiger partial charge in [0.15, 0.2) is 0 Å². The molecule has 0 radical (unpaired) electrons. The van der Waals surface area contributed by atoms with E-state index >= 15 is 0 Å². The molecule has 0 unspecified atom stereocenters. The first-order valence-electron chi connectivity index (χ1n) is 6.75. The second kappa shape index (κ2) is 7.00. The minimum absolute atomic E-state index is 0.211. The Morgan fingerprint density at radius 3 is 2.57 bits per heavy atom. The van der Waals surface area contributed by atoms with Crippen molar-refractivity contribution in [3.05, 3.63) is 28.2 Å². The second-order valence-electron chi connectivity index (χ2n) is 5.16. The predicted octanol–water partition coefficient (Wildman–Crippen LogP) is 3.11. The van der Waals surface area contributed by atoms with Crippen molar-refractivity contribution in [2.45, 2.75) is 19.3 Å². The molecule has 21 heavy (non-hydrogen) atoms. The molecule has 0 aromatic heterocycles. The zero-order valence-electron chi connectivity index (χ0n) is 11.4. The summed E-state index contributed by atoms with van der Waals surface area (Å²) in [4.78, 5) is 24.8. The van der Waals surface area contributed by atoms with E-state index in [1.54, 1.807) is 23.1 Å². The molecule has 1 fully saturated rings. The first-order valence-corrected chi connectivity index (χ1v) is 7.50. The number of rotatable bonds is 3. The lowest BCUT2D eigenvalue weighted by atomic mass is 9.93. The van der Waals surface area contributed by atoms with E-state index in [9.17, 15) is 9.59 Å². The molecule has 5 nitrogen and oxygen atoms in total. The summed E-state index contributed by atoms with van der Waals surface area (Å²) in [5.74, 6) is -0.0232. The van der Waals surface area contributed by atoms with Crippen LogP contribution in [-0.2, 0) is 4.79 Å². The van der Waals surface area contributed by atoms with Crippen LogP contribution in [0.3, 0.4) is 0 Å². The van der Waals surface area contributed by atoms with Crippen LogP contribution >= 0.6 is 23.2 Å². The maximum atomic E-state index is 12.2. The number of likely N-dealkylation sites (tertiary alicyclic amines) is 1. The smallest absolute Gasteiger partial charge is 0.321 e. The van der Waals surface area contributed by atoms with Gasteiger partial charge in [-0.2, -0.15) is 0 Å².